The monoisotopic (exact) mass is 339 g/mol. The number of benzene rings is 1. The van der Waals surface area contributed by atoms with Crippen molar-refractivity contribution in [3.05, 3.63) is 66.0 Å². The number of carbonyl (C=O) groups excluding carboxylic acids is 2. The SMILES string of the molecule is CCCC(=O)N(Cc1ccccc1)C(C)C(=O)NCc1cccnc1. The van der Waals surface area contributed by atoms with Gasteiger partial charge >= 0.3 is 0 Å². The molecule has 5 heteroatoms. The lowest BCUT2D eigenvalue weighted by atomic mass is 10.1. The minimum atomic E-state index is -0.532. The summed E-state index contributed by atoms with van der Waals surface area (Å²) in [4.78, 5) is 30.7. The van der Waals surface area contributed by atoms with Gasteiger partial charge in [-0.25, -0.2) is 0 Å². The molecule has 2 rings (SSSR count). The predicted molar refractivity (Wildman–Crippen MR) is 97.4 cm³/mol. The van der Waals surface area contributed by atoms with Crippen LogP contribution in [0, 0.1) is 0 Å². The first-order valence-corrected chi connectivity index (χ1v) is 8.61. The normalized spacial score (nSPS) is 11.6. The van der Waals surface area contributed by atoms with Gasteiger partial charge in [0.15, 0.2) is 0 Å². The molecule has 2 aromatic rings. The highest BCUT2D eigenvalue weighted by Crippen LogP contribution is 2.12. The molecule has 0 saturated heterocycles. The number of nitrogens with one attached hydrogen (secondary N) is 1. The van der Waals surface area contributed by atoms with Gasteiger partial charge in [0.05, 0.1) is 0 Å². The second-order valence-corrected chi connectivity index (χ2v) is 6.01. The number of aromatic nitrogens is 1. The molecule has 0 spiro atoms. The van der Waals surface area contributed by atoms with Gasteiger partial charge in [-0.3, -0.25) is 14.6 Å². The number of rotatable bonds is 8. The number of hydrogen-bond acceptors (Lipinski definition) is 3. The zero-order valence-corrected chi connectivity index (χ0v) is 14.8. The third kappa shape index (κ3) is 5.71. The van der Waals surface area contributed by atoms with E-state index in [0.717, 1.165) is 17.5 Å². The maximum Gasteiger partial charge on any atom is 0.242 e. The van der Waals surface area contributed by atoms with Crippen molar-refractivity contribution in [2.24, 2.45) is 0 Å². The lowest BCUT2D eigenvalue weighted by molar-refractivity contribution is -0.140. The quantitative estimate of drug-likeness (QED) is 0.804. The van der Waals surface area contributed by atoms with Crippen LogP contribution in [0.1, 0.15) is 37.8 Å². The van der Waals surface area contributed by atoms with E-state index in [-0.39, 0.29) is 11.8 Å². The molecule has 0 aliphatic carbocycles. The number of carbonyl (C=O) groups is 2. The first-order valence-electron chi connectivity index (χ1n) is 8.61. The second kappa shape index (κ2) is 9.57. The highest BCUT2D eigenvalue weighted by molar-refractivity contribution is 5.87. The number of nitrogens with zero attached hydrogens (tertiary/aromatic N) is 2. The Kier molecular flexibility index (Phi) is 7.14. The smallest absolute Gasteiger partial charge is 0.242 e. The van der Waals surface area contributed by atoms with Crippen LogP contribution >= 0.6 is 0 Å². The molecule has 1 heterocycles. The Morgan fingerprint density at radius 1 is 1.12 bits per heavy atom. The fraction of sp³-hybridized carbons (Fsp3) is 0.350. The van der Waals surface area contributed by atoms with E-state index in [2.05, 4.69) is 10.3 Å². The Bertz CT molecular complexity index is 674. The van der Waals surface area contributed by atoms with Crippen molar-refractivity contribution in [2.75, 3.05) is 0 Å². The lowest BCUT2D eigenvalue weighted by Gasteiger charge is -2.28. The van der Waals surface area contributed by atoms with Gasteiger partial charge in [-0.15, -0.1) is 0 Å². The summed E-state index contributed by atoms with van der Waals surface area (Å²) in [6.45, 7) is 4.57. The van der Waals surface area contributed by atoms with E-state index in [9.17, 15) is 9.59 Å². The average molecular weight is 339 g/mol. The molecule has 0 radical (unpaired) electrons. The summed E-state index contributed by atoms with van der Waals surface area (Å²) in [5.41, 5.74) is 1.94. The Balaban J connectivity index is 2.04. The summed E-state index contributed by atoms with van der Waals surface area (Å²) in [6, 6.07) is 12.9. The summed E-state index contributed by atoms with van der Waals surface area (Å²) in [5, 5.41) is 2.89. The molecule has 1 N–H and O–H groups in total. The molecule has 0 bridgehead atoms. The number of amides is 2. The Labute approximate surface area is 149 Å². The van der Waals surface area contributed by atoms with Crippen molar-refractivity contribution >= 4 is 11.8 Å². The van der Waals surface area contributed by atoms with Crippen LogP contribution in [0.5, 0.6) is 0 Å². The van der Waals surface area contributed by atoms with E-state index >= 15 is 0 Å². The van der Waals surface area contributed by atoms with Gasteiger partial charge in [-0.1, -0.05) is 43.3 Å². The third-order valence-electron chi connectivity index (χ3n) is 4.02. The van der Waals surface area contributed by atoms with Gasteiger partial charge in [-0.2, -0.15) is 0 Å². The summed E-state index contributed by atoms with van der Waals surface area (Å²) in [6.07, 6.45) is 4.61. The minimum Gasteiger partial charge on any atom is -0.350 e. The van der Waals surface area contributed by atoms with Gasteiger partial charge < -0.3 is 10.2 Å². The standard InChI is InChI=1S/C20H25N3O2/c1-3-8-19(24)23(15-17-9-5-4-6-10-17)16(2)20(25)22-14-18-11-7-12-21-13-18/h4-7,9-13,16H,3,8,14-15H2,1-2H3,(H,22,25). The highest BCUT2D eigenvalue weighted by atomic mass is 16.2. The summed E-state index contributed by atoms with van der Waals surface area (Å²) < 4.78 is 0. The molecule has 1 atom stereocenters. The van der Waals surface area contributed by atoms with Crippen LogP contribution in [0.15, 0.2) is 54.9 Å². The van der Waals surface area contributed by atoms with Crippen LogP contribution in [0.4, 0.5) is 0 Å². The molecule has 0 aliphatic rings. The van der Waals surface area contributed by atoms with Crippen molar-refractivity contribution in [3.8, 4) is 0 Å². The lowest BCUT2D eigenvalue weighted by Crippen LogP contribution is -2.47. The Morgan fingerprint density at radius 2 is 1.84 bits per heavy atom. The number of hydrogen-bond donors (Lipinski definition) is 1. The van der Waals surface area contributed by atoms with E-state index in [0.29, 0.717) is 19.5 Å². The van der Waals surface area contributed by atoms with Gasteiger partial charge in [0.25, 0.3) is 0 Å². The fourth-order valence-corrected chi connectivity index (χ4v) is 2.56. The van der Waals surface area contributed by atoms with E-state index in [1.54, 1.807) is 24.2 Å². The van der Waals surface area contributed by atoms with Crippen LogP contribution in [0.2, 0.25) is 0 Å². The molecule has 5 nitrogen and oxygen atoms in total. The van der Waals surface area contributed by atoms with Gasteiger partial charge in [0, 0.05) is 31.9 Å². The van der Waals surface area contributed by atoms with Crippen molar-refractivity contribution in [1.29, 1.82) is 0 Å². The van der Waals surface area contributed by atoms with Crippen LogP contribution in [0.25, 0.3) is 0 Å². The zero-order valence-electron chi connectivity index (χ0n) is 14.8. The van der Waals surface area contributed by atoms with Crippen molar-refractivity contribution < 1.29 is 9.59 Å². The maximum atomic E-state index is 12.5. The molecule has 2 amide bonds. The molecule has 0 fully saturated rings. The Hall–Kier alpha value is -2.69. The van der Waals surface area contributed by atoms with E-state index in [4.69, 9.17) is 0 Å². The van der Waals surface area contributed by atoms with Crippen molar-refractivity contribution in [1.82, 2.24) is 15.2 Å². The number of pyridine rings is 1. The minimum absolute atomic E-state index is 0.00428. The third-order valence-corrected chi connectivity index (χ3v) is 4.02. The first-order chi connectivity index (χ1) is 12.1. The molecular formula is C20H25N3O2. The average Bonchev–Trinajstić information content (AvgIpc) is 2.65. The highest BCUT2D eigenvalue weighted by Gasteiger charge is 2.25. The molecule has 25 heavy (non-hydrogen) atoms. The van der Waals surface area contributed by atoms with Gasteiger partial charge in [0.1, 0.15) is 6.04 Å². The van der Waals surface area contributed by atoms with Crippen LogP contribution in [-0.2, 0) is 22.7 Å². The van der Waals surface area contributed by atoms with E-state index < -0.39 is 6.04 Å². The largest absolute Gasteiger partial charge is 0.350 e. The first kappa shape index (κ1) is 18.6. The molecule has 1 aromatic carbocycles. The van der Waals surface area contributed by atoms with E-state index in [1.165, 1.54) is 0 Å². The molecule has 0 aliphatic heterocycles. The van der Waals surface area contributed by atoms with Crippen molar-refractivity contribution in [2.45, 2.75) is 45.8 Å². The molecule has 0 saturated carbocycles. The van der Waals surface area contributed by atoms with Crippen LogP contribution in [-0.4, -0.2) is 27.7 Å². The van der Waals surface area contributed by atoms with Crippen LogP contribution < -0.4 is 5.32 Å². The fourth-order valence-electron chi connectivity index (χ4n) is 2.56. The maximum absolute atomic E-state index is 12.5. The summed E-state index contributed by atoms with van der Waals surface area (Å²) >= 11 is 0. The van der Waals surface area contributed by atoms with E-state index in [1.807, 2.05) is 49.4 Å². The predicted octanol–water partition coefficient (Wildman–Crippen LogP) is 2.92. The van der Waals surface area contributed by atoms with Gasteiger partial charge in [-0.05, 0) is 30.5 Å². The molecular weight excluding hydrogens is 314 g/mol. The Morgan fingerprint density at radius 3 is 2.48 bits per heavy atom. The van der Waals surface area contributed by atoms with Crippen LogP contribution in [0.3, 0.4) is 0 Å². The zero-order chi connectivity index (χ0) is 18.1. The van der Waals surface area contributed by atoms with Gasteiger partial charge in [0.2, 0.25) is 11.8 Å². The molecule has 1 unspecified atom stereocenters. The molecule has 1 aromatic heterocycles. The second-order valence-electron chi connectivity index (χ2n) is 6.01. The molecule has 132 valence electrons. The van der Waals surface area contributed by atoms with Crippen molar-refractivity contribution in [3.63, 3.8) is 0 Å². The summed E-state index contributed by atoms with van der Waals surface area (Å²) in [5.74, 6) is -0.167. The topological polar surface area (TPSA) is 62.3 Å². The summed E-state index contributed by atoms with van der Waals surface area (Å²) in [7, 11) is 0.